The first kappa shape index (κ1) is 14.2. The second-order valence-corrected chi connectivity index (χ2v) is 5.92. The number of benzene rings is 1. The molecule has 1 aromatic heterocycles. The normalized spacial score (nSPS) is 14.3. The van der Waals surface area contributed by atoms with Crippen LogP contribution in [-0.4, -0.2) is 12.1 Å². The summed E-state index contributed by atoms with van der Waals surface area (Å²) in [6.07, 6.45) is 1.98. The molecule has 0 aliphatic rings. The molecule has 0 fully saturated rings. The largest absolute Gasteiger partial charge is 0.311 e. The van der Waals surface area contributed by atoms with E-state index in [0.29, 0.717) is 12.1 Å². The molecule has 2 aromatic rings. The summed E-state index contributed by atoms with van der Waals surface area (Å²) in [5.41, 5.74) is 2.56. The lowest BCUT2D eigenvalue weighted by atomic mass is 10.0. The molecule has 0 aliphatic heterocycles. The van der Waals surface area contributed by atoms with Crippen molar-refractivity contribution in [1.29, 1.82) is 0 Å². The molecule has 2 atom stereocenters. The highest BCUT2D eigenvalue weighted by atomic mass is 32.1. The number of thiophene rings is 1. The van der Waals surface area contributed by atoms with Crippen LogP contribution in [0.4, 0.5) is 4.39 Å². The molecule has 102 valence electrons. The van der Waals surface area contributed by atoms with Gasteiger partial charge >= 0.3 is 0 Å². The lowest BCUT2D eigenvalue weighted by molar-refractivity contribution is 0.462. The molecule has 2 rings (SSSR count). The zero-order valence-corrected chi connectivity index (χ0v) is 12.2. The van der Waals surface area contributed by atoms with Gasteiger partial charge in [0.15, 0.2) is 0 Å². The van der Waals surface area contributed by atoms with Gasteiger partial charge in [0.1, 0.15) is 5.82 Å². The molecule has 0 bridgehead atoms. The topological polar surface area (TPSA) is 12.0 Å². The van der Waals surface area contributed by atoms with Crippen LogP contribution in [0.3, 0.4) is 0 Å². The van der Waals surface area contributed by atoms with Gasteiger partial charge < -0.3 is 5.32 Å². The van der Waals surface area contributed by atoms with Crippen LogP contribution < -0.4 is 5.32 Å². The van der Waals surface area contributed by atoms with Crippen LogP contribution in [0.5, 0.6) is 0 Å². The zero-order valence-electron chi connectivity index (χ0n) is 11.4. The quantitative estimate of drug-likeness (QED) is 0.840. The Morgan fingerprint density at radius 1 is 1.00 bits per heavy atom. The second-order valence-electron chi connectivity index (χ2n) is 5.14. The highest BCUT2D eigenvalue weighted by Gasteiger charge is 2.09. The third-order valence-corrected chi connectivity index (χ3v) is 3.88. The van der Waals surface area contributed by atoms with Crippen LogP contribution in [0.25, 0.3) is 0 Å². The summed E-state index contributed by atoms with van der Waals surface area (Å²) in [6, 6.07) is 9.78. The third-order valence-electron chi connectivity index (χ3n) is 3.15. The zero-order chi connectivity index (χ0) is 13.7. The van der Waals surface area contributed by atoms with Crippen molar-refractivity contribution in [2.75, 3.05) is 0 Å². The van der Waals surface area contributed by atoms with Gasteiger partial charge in [-0.3, -0.25) is 0 Å². The van der Waals surface area contributed by atoms with E-state index < -0.39 is 0 Å². The Labute approximate surface area is 118 Å². The van der Waals surface area contributed by atoms with E-state index in [2.05, 4.69) is 36.0 Å². The fourth-order valence-corrected chi connectivity index (χ4v) is 3.02. The second kappa shape index (κ2) is 6.83. The van der Waals surface area contributed by atoms with Crippen LogP contribution in [0.1, 0.15) is 25.0 Å². The summed E-state index contributed by atoms with van der Waals surface area (Å²) < 4.78 is 12.8. The summed E-state index contributed by atoms with van der Waals surface area (Å²) in [5.74, 6) is -0.171. The van der Waals surface area contributed by atoms with E-state index in [9.17, 15) is 4.39 Å². The lowest BCUT2D eigenvalue weighted by Gasteiger charge is -2.20. The molecular formula is C16H20FNS. The van der Waals surface area contributed by atoms with E-state index in [1.165, 1.54) is 23.3 Å². The first-order valence-electron chi connectivity index (χ1n) is 6.65. The predicted molar refractivity (Wildman–Crippen MR) is 80.2 cm³/mol. The van der Waals surface area contributed by atoms with E-state index in [-0.39, 0.29) is 5.82 Å². The minimum atomic E-state index is -0.171. The average Bonchev–Trinajstić information content (AvgIpc) is 2.84. The molecule has 0 spiro atoms. The van der Waals surface area contributed by atoms with Gasteiger partial charge in [-0.2, -0.15) is 11.3 Å². The van der Waals surface area contributed by atoms with Crippen molar-refractivity contribution in [2.45, 2.75) is 38.8 Å². The van der Waals surface area contributed by atoms with Crippen molar-refractivity contribution in [2.24, 2.45) is 0 Å². The number of hydrogen-bond acceptors (Lipinski definition) is 2. The number of nitrogens with one attached hydrogen (secondary N) is 1. The molecule has 1 aromatic carbocycles. The Morgan fingerprint density at radius 2 is 1.63 bits per heavy atom. The fraction of sp³-hybridized carbons (Fsp3) is 0.375. The summed E-state index contributed by atoms with van der Waals surface area (Å²) >= 11 is 1.74. The first-order chi connectivity index (χ1) is 9.13. The molecule has 19 heavy (non-hydrogen) atoms. The van der Waals surface area contributed by atoms with Gasteiger partial charge in [-0.15, -0.1) is 0 Å². The van der Waals surface area contributed by atoms with Crippen molar-refractivity contribution in [3.8, 4) is 0 Å². The maximum Gasteiger partial charge on any atom is 0.123 e. The molecule has 0 radical (unpaired) electrons. The molecule has 2 unspecified atom stereocenters. The summed E-state index contributed by atoms with van der Waals surface area (Å²) in [6.45, 7) is 4.38. The molecule has 0 saturated carbocycles. The van der Waals surface area contributed by atoms with Crippen molar-refractivity contribution < 1.29 is 4.39 Å². The predicted octanol–water partition coefficient (Wildman–Crippen LogP) is 4.04. The summed E-state index contributed by atoms with van der Waals surface area (Å²) in [5, 5.41) is 7.90. The van der Waals surface area contributed by atoms with E-state index >= 15 is 0 Å². The molecule has 1 nitrogen and oxygen atoms in total. The SMILES string of the molecule is CC(Cc1ccc(F)cc1)NC(C)Cc1ccsc1. The monoisotopic (exact) mass is 277 g/mol. The fourth-order valence-electron chi connectivity index (χ4n) is 2.34. The minimum Gasteiger partial charge on any atom is -0.311 e. The smallest absolute Gasteiger partial charge is 0.123 e. The van der Waals surface area contributed by atoms with Gasteiger partial charge in [-0.05, 0) is 66.8 Å². The molecule has 3 heteroatoms. The summed E-state index contributed by atoms with van der Waals surface area (Å²) in [4.78, 5) is 0. The highest BCUT2D eigenvalue weighted by molar-refractivity contribution is 7.07. The van der Waals surface area contributed by atoms with E-state index in [0.717, 1.165) is 12.8 Å². The molecule has 1 heterocycles. The van der Waals surface area contributed by atoms with Gasteiger partial charge in [0, 0.05) is 12.1 Å². The van der Waals surface area contributed by atoms with Crippen LogP contribution in [0.15, 0.2) is 41.1 Å². The van der Waals surface area contributed by atoms with Crippen LogP contribution in [0.2, 0.25) is 0 Å². The lowest BCUT2D eigenvalue weighted by Crippen LogP contribution is -2.37. The van der Waals surface area contributed by atoms with Crippen LogP contribution >= 0.6 is 11.3 Å². The van der Waals surface area contributed by atoms with Crippen molar-refractivity contribution >= 4 is 11.3 Å². The summed E-state index contributed by atoms with van der Waals surface area (Å²) in [7, 11) is 0. The maximum atomic E-state index is 12.8. The van der Waals surface area contributed by atoms with Gasteiger partial charge in [-0.1, -0.05) is 12.1 Å². The molecule has 0 saturated heterocycles. The van der Waals surface area contributed by atoms with Crippen LogP contribution in [-0.2, 0) is 12.8 Å². The van der Waals surface area contributed by atoms with Crippen LogP contribution in [0, 0.1) is 5.82 Å². The average molecular weight is 277 g/mol. The maximum absolute atomic E-state index is 12.8. The highest BCUT2D eigenvalue weighted by Crippen LogP contribution is 2.10. The van der Waals surface area contributed by atoms with E-state index in [1.807, 2.05) is 12.1 Å². The van der Waals surface area contributed by atoms with Gasteiger partial charge in [0.05, 0.1) is 0 Å². The van der Waals surface area contributed by atoms with Crippen molar-refractivity contribution in [1.82, 2.24) is 5.32 Å². The minimum absolute atomic E-state index is 0.171. The van der Waals surface area contributed by atoms with Gasteiger partial charge in [0.2, 0.25) is 0 Å². The number of rotatable bonds is 6. The van der Waals surface area contributed by atoms with E-state index in [4.69, 9.17) is 0 Å². The molecule has 0 amide bonds. The Morgan fingerprint density at radius 3 is 2.21 bits per heavy atom. The number of hydrogen-bond donors (Lipinski definition) is 1. The molecule has 0 aliphatic carbocycles. The number of halogens is 1. The Bertz CT molecular complexity index is 478. The van der Waals surface area contributed by atoms with Gasteiger partial charge in [0.25, 0.3) is 0 Å². The molecular weight excluding hydrogens is 257 g/mol. The van der Waals surface area contributed by atoms with E-state index in [1.54, 1.807) is 11.3 Å². The molecule has 1 N–H and O–H groups in total. The van der Waals surface area contributed by atoms with Crippen molar-refractivity contribution in [3.05, 3.63) is 58.0 Å². The Kier molecular flexibility index (Phi) is 5.11. The first-order valence-corrected chi connectivity index (χ1v) is 7.59. The third kappa shape index (κ3) is 4.77. The Balaban J connectivity index is 1.80. The standard InChI is InChI=1S/C16H20FNS/c1-12(9-14-3-5-16(17)6-4-14)18-13(2)10-15-7-8-19-11-15/h3-8,11-13,18H,9-10H2,1-2H3. The van der Waals surface area contributed by atoms with Gasteiger partial charge in [-0.25, -0.2) is 4.39 Å². The van der Waals surface area contributed by atoms with Crippen molar-refractivity contribution in [3.63, 3.8) is 0 Å². The Hall–Kier alpha value is -1.19.